The van der Waals surface area contributed by atoms with E-state index in [1.807, 2.05) is 0 Å². The first-order valence-corrected chi connectivity index (χ1v) is 4.98. The highest BCUT2D eigenvalue weighted by Crippen LogP contribution is 1.82. The van der Waals surface area contributed by atoms with E-state index in [4.69, 9.17) is 18.9 Å². The molecular formula is C11H20O4. The van der Waals surface area contributed by atoms with E-state index in [1.165, 1.54) is 6.26 Å². The molecule has 4 heteroatoms. The van der Waals surface area contributed by atoms with E-state index in [0.29, 0.717) is 46.2 Å². The summed E-state index contributed by atoms with van der Waals surface area (Å²) in [6, 6.07) is 0. The van der Waals surface area contributed by atoms with E-state index in [-0.39, 0.29) is 0 Å². The summed E-state index contributed by atoms with van der Waals surface area (Å²) in [7, 11) is 0. The molecule has 0 saturated carbocycles. The van der Waals surface area contributed by atoms with Crippen LogP contribution in [0.25, 0.3) is 0 Å². The molecule has 15 heavy (non-hydrogen) atoms. The Hall–Kier alpha value is -0.840. The molecule has 0 spiro atoms. The predicted molar refractivity (Wildman–Crippen MR) is 58.8 cm³/mol. The molecule has 0 radical (unpaired) electrons. The van der Waals surface area contributed by atoms with Gasteiger partial charge in [-0.3, -0.25) is 0 Å². The maximum Gasteiger partial charge on any atom is 0.111 e. The Kier molecular flexibility index (Phi) is 12.4. The molecule has 0 fully saturated rings. The smallest absolute Gasteiger partial charge is 0.111 e. The van der Waals surface area contributed by atoms with Crippen LogP contribution >= 0.6 is 0 Å². The second-order valence-corrected chi connectivity index (χ2v) is 2.63. The van der Waals surface area contributed by atoms with Gasteiger partial charge in [-0.2, -0.15) is 0 Å². The second-order valence-electron chi connectivity index (χ2n) is 2.63. The lowest BCUT2D eigenvalue weighted by Gasteiger charge is -2.05. The Morgan fingerprint density at radius 2 is 1.27 bits per heavy atom. The number of hydrogen-bond donors (Lipinski definition) is 0. The fraction of sp³-hybridized carbons (Fsp3) is 0.636. The molecule has 0 aromatic rings. The normalized spacial score (nSPS) is 9.87. The summed E-state index contributed by atoms with van der Waals surface area (Å²) in [5, 5.41) is 0. The fourth-order valence-corrected chi connectivity index (χ4v) is 0.797. The fourth-order valence-electron chi connectivity index (χ4n) is 0.797. The molecule has 0 N–H and O–H groups in total. The summed E-state index contributed by atoms with van der Waals surface area (Å²) in [6.07, 6.45) is 3.11. The SMILES string of the molecule is C=CCOCCOCCOCCOC=C. The van der Waals surface area contributed by atoms with Gasteiger partial charge < -0.3 is 18.9 Å². The van der Waals surface area contributed by atoms with Gasteiger partial charge >= 0.3 is 0 Å². The van der Waals surface area contributed by atoms with Crippen molar-refractivity contribution >= 4 is 0 Å². The van der Waals surface area contributed by atoms with Gasteiger partial charge in [0.2, 0.25) is 0 Å². The molecule has 0 amide bonds. The molecule has 0 atom stereocenters. The van der Waals surface area contributed by atoms with Crippen LogP contribution in [0.4, 0.5) is 0 Å². The summed E-state index contributed by atoms with van der Waals surface area (Å²) in [5.74, 6) is 0. The monoisotopic (exact) mass is 216 g/mol. The molecule has 0 aromatic carbocycles. The van der Waals surface area contributed by atoms with Crippen LogP contribution in [0.15, 0.2) is 25.5 Å². The van der Waals surface area contributed by atoms with Gasteiger partial charge in [-0.05, 0) is 0 Å². The van der Waals surface area contributed by atoms with Crippen molar-refractivity contribution in [3.05, 3.63) is 25.5 Å². The molecule has 0 aliphatic heterocycles. The van der Waals surface area contributed by atoms with Gasteiger partial charge in [-0.1, -0.05) is 12.7 Å². The topological polar surface area (TPSA) is 36.9 Å². The molecule has 4 nitrogen and oxygen atoms in total. The van der Waals surface area contributed by atoms with Crippen LogP contribution in [-0.4, -0.2) is 46.2 Å². The summed E-state index contributed by atoms with van der Waals surface area (Å²) in [4.78, 5) is 0. The Labute approximate surface area is 91.5 Å². The van der Waals surface area contributed by atoms with Gasteiger partial charge in [0.1, 0.15) is 6.61 Å². The zero-order valence-electron chi connectivity index (χ0n) is 9.15. The lowest BCUT2D eigenvalue weighted by Crippen LogP contribution is -2.11. The van der Waals surface area contributed by atoms with E-state index in [2.05, 4.69) is 13.2 Å². The third-order valence-electron chi connectivity index (χ3n) is 1.44. The number of rotatable bonds is 12. The van der Waals surface area contributed by atoms with Crippen LogP contribution in [0.3, 0.4) is 0 Å². The van der Waals surface area contributed by atoms with E-state index >= 15 is 0 Å². The quantitative estimate of drug-likeness (QED) is 0.280. The average Bonchev–Trinajstić information content (AvgIpc) is 2.26. The zero-order valence-corrected chi connectivity index (χ0v) is 9.15. The van der Waals surface area contributed by atoms with Gasteiger partial charge in [0, 0.05) is 0 Å². The van der Waals surface area contributed by atoms with E-state index in [9.17, 15) is 0 Å². The van der Waals surface area contributed by atoms with Crippen molar-refractivity contribution in [1.82, 2.24) is 0 Å². The Morgan fingerprint density at radius 1 is 0.733 bits per heavy atom. The van der Waals surface area contributed by atoms with Crippen molar-refractivity contribution < 1.29 is 18.9 Å². The summed E-state index contributed by atoms with van der Waals surface area (Å²) in [6.45, 7) is 10.9. The first-order valence-electron chi connectivity index (χ1n) is 4.98. The molecule has 0 saturated heterocycles. The van der Waals surface area contributed by atoms with Crippen LogP contribution in [0.5, 0.6) is 0 Å². The van der Waals surface area contributed by atoms with Gasteiger partial charge in [0.15, 0.2) is 0 Å². The van der Waals surface area contributed by atoms with Crippen LogP contribution in [-0.2, 0) is 18.9 Å². The minimum Gasteiger partial charge on any atom is -0.499 e. The Morgan fingerprint density at radius 3 is 1.80 bits per heavy atom. The molecule has 0 unspecified atom stereocenters. The maximum atomic E-state index is 5.24. The summed E-state index contributed by atoms with van der Waals surface area (Å²) >= 11 is 0. The maximum absolute atomic E-state index is 5.24. The molecule has 0 aromatic heterocycles. The van der Waals surface area contributed by atoms with Crippen molar-refractivity contribution in [2.24, 2.45) is 0 Å². The lowest BCUT2D eigenvalue weighted by molar-refractivity contribution is 0.0104. The van der Waals surface area contributed by atoms with Crippen LogP contribution in [0.2, 0.25) is 0 Å². The highest BCUT2D eigenvalue weighted by molar-refractivity contribution is 4.63. The number of ether oxygens (including phenoxy) is 4. The van der Waals surface area contributed by atoms with Gasteiger partial charge in [-0.15, -0.1) is 6.58 Å². The molecular weight excluding hydrogens is 196 g/mol. The highest BCUT2D eigenvalue weighted by Gasteiger charge is 1.90. The third kappa shape index (κ3) is 13.2. The molecule has 0 heterocycles. The van der Waals surface area contributed by atoms with Crippen molar-refractivity contribution in [2.75, 3.05) is 46.2 Å². The first kappa shape index (κ1) is 14.2. The molecule has 0 aliphatic rings. The minimum atomic E-state index is 0.534. The van der Waals surface area contributed by atoms with Crippen molar-refractivity contribution in [3.8, 4) is 0 Å². The predicted octanol–water partition coefficient (Wildman–Crippen LogP) is 1.38. The summed E-state index contributed by atoms with van der Waals surface area (Å²) in [5.41, 5.74) is 0. The van der Waals surface area contributed by atoms with Gasteiger partial charge in [0.05, 0.1) is 45.9 Å². The van der Waals surface area contributed by atoms with E-state index < -0.39 is 0 Å². The lowest BCUT2D eigenvalue weighted by atomic mass is 10.6. The van der Waals surface area contributed by atoms with Crippen LogP contribution in [0, 0.1) is 0 Å². The van der Waals surface area contributed by atoms with Crippen LogP contribution < -0.4 is 0 Å². The molecule has 0 bridgehead atoms. The summed E-state index contributed by atoms with van der Waals surface area (Å²) < 4.78 is 20.5. The second kappa shape index (κ2) is 13.2. The largest absolute Gasteiger partial charge is 0.499 e. The van der Waals surface area contributed by atoms with Crippen molar-refractivity contribution in [2.45, 2.75) is 0 Å². The molecule has 88 valence electrons. The van der Waals surface area contributed by atoms with Gasteiger partial charge in [0.25, 0.3) is 0 Å². The Balaban J connectivity index is 2.86. The van der Waals surface area contributed by atoms with Crippen molar-refractivity contribution in [3.63, 3.8) is 0 Å². The van der Waals surface area contributed by atoms with Crippen LogP contribution in [0.1, 0.15) is 0 Å². The van der Waals surface area contributed by atoms with Gasteiger partial charge in [-0.25, -0.2) is 0 Å². The van der Waals surface area contributed by atoms with E-state index in [0.717, 1.165) is 0 Å². The van der Waals surface area contributed by atoms with Crippen molar-refractivity contribution in [1.29, 1.82) is 0 Å². The standard InChI is InChI=1S/C11H20O4/c1-3-5-13-8-9-15-11-10-14-7-6-12-4-2/h3-4H,1-2,5-11H2. The third-order valence-corrected chi connectivity index (χ3v) is 1.44. The number of hydrogen-bond acceptors (Lipinski definition) is 4. The highest BCUT2D eigenvalue weighted by atomic mass is 16.6. The zero-order chi connectivity index (χ0) is 11.2. The Bertz CT molecular complexity index is 132. The minimum absolute atomic E-state index is 0.534. The molecule has 0 aliphatic carbocycles. The average molecular weight is 216 g/mol. The first-order chi connectivity index (χ1) is 7.41. The molecule has 0 rings (SSSR count). The van der Waals surface area contributed by atoms with E-state index in [1.54, 1.807) is 6.08 Å².